The number of nitrogens with one attached hydrogen (secondary N) is 2. The van der Waals surface area contributed by atoms with Crippen LogP contribution >= 0.6 is 24.0 Å². The van der Waals surface area contributed by atoms with Crippen molar-refractivity contribution in [3.8, 4) is 0 Å². The van der Waals surface area contributed by atoms with Gasteiger partial charge >= 0.3 is 0 Å². The zero-order valence-electron chi connectivity index (χ0n) is 13.6. The van der Waals surface area contributed by atoms with E-state index >= 15 is 0 Å². The van der Waals surface area contributed by atoms with Crippen LogP contribution in [0.3, 0.4) is 0 Å². The Balaban J connectivity index is 0.00000441. The van der Waals surface area contributed by atoms with Gasteiger partial charge in [-0.05, 0) is 32.6 Å². The van der Waals surface area contributed by atoms with Gasteiger partial charge in [0, 0.05) is 19.7 Å². The molecule has 128 valence electrons. The number of hydrogen-bond acceptors (Lipinski definition) is 5. The van der Waals surface area contributed by atoms with Gasteiger partial charge < -0.3 is 20.3 Å². The summed E-state index contributed by atoms with van der Waals surface area (Å²) in [6.07, 6.45) is 3.01. The molecule has 1 rings (SSSR count). The molecule has 22 heavy (non-hydrogen) atoms. The smallest absolute Gasteiger partial charge is 0.248 e. The molecule has 0 aliphatic rings. The molecule has 0 aliphatic carbocycles. The molecule has 1 heterocycles. The van der Waals surface area contributed by atoms with Gasteiger partial charge in [-0.25, -0.2) is 4.99 Å². The Labute approximate surface area is 149 Å². The summed E-state index contributed by atoms with van der Waals surface area (Å²) in [5.74, 6) is 2.30. The van der Waals surface area contributed by atoms with E-state index in [1.165, 1.54) is 0 Å². The van der Waals surface area contributed by atoms with E-state index in [1.54, 1.807) is 6.92 Å². The Kier molecular flexibility index (Phi) is 12.1. The highest BCUT2D eigenvalue weighted by Gasteiger charge is 2.09. The summed E-state index contributed by atoms with van der Waals surface area (Å²) in [4.78, 5) is 8.55. The number of halogens is 1. The minimum Gasteiger partial charge on any atom is -0.396 e. The largest absolute Gasteiger partial charge is 0.396 e. The van der Waals surface area contributed by atoms with E-state index in [1.807, 2.05) is 6.92 Å². The summed E-state index contributed by atoms with van der Waals surface area (Å²) in [6.45, 7) is 8.11. The van der Waals surface area contributed by atoms with E-state index in [-0.39, 0.29) is 30.6 Å². The second kappa shape index (κ2) is 12.6. The first-order chi connectivity index (χ1) is 10.2. The van der Waals surface area contributed by atoms with Gasteiger partial charge in [0.05, 0.1) is 0 Å². The van der Waals surface area contributed by atoms with Gasteiger partial charge in [-0.1, -0.05) is 18.5 Å². The predicted molar refractivity (Wildman–Crippen MR) is 97.4 cm³/mol. The van der Waals surface area contributed by atoms with Crippen molar-refractivity contribution in [3.05, 3.63) is 11.7 Å². The van der Waals surface area contributed by atoms with Gasteiger partial charge in [0.15, 0.2) is 11.8 Å². The molecule has 0 fully saturated rings. The van der Waals surface area contributed by atoms with Crippen molar-refractivity contribution < 1.29 is 9.63 Å². The standard InChI is InChI=1S/C14H27N5O2.HI/c1-4-6-12(7-8-20)9-16-14(15-5-2)17-10-13-18-11(3)19-21-13;/h12,20H,4-10H2,1-3H3,(H2,15,16,17);1H. The lowest BCUT2D eigenvalue weighted by Gasteiger charge is -2.18. The third kappa shape index (κ3) is 8.52. The van der Waals surface area contributed by atoms with Gasteiger partial charge in [0.2, 0.25) is 5.89 Å². The number of aliphatic hydroxyl groups is 1. The number of aromatic nitrogens is 2. The average Bonchev–Trinajstić information content (AvgIpc) is 2.88. The first kappa shape index (κ1) is 21.1. The number of hydrogen-bond donors (Lipinski definition) is 3. The summed E-state index contributed by atoms with van der Waals surface area (Å²) < 4.78 is 5.04. The summed E-state index contributed by atoms with van der Waals surface area (Å²) in [6, 6.07) is 0. The Morgan fingerprint density at radius 2 is 2.09 bits per heavy atom. The van der Waals surface area contributed by atoms with Crippen LogP contribution in [0.4, 0.5) is 0 Å². The minimum atomic E-state index is 0. The van der Waals surface area contributed by atoms with Gasteiger partial charge in [-0.2, -0.15) is 4.98 Å². The fourth-order valence-electron chi connectivity index (χ4n) is 2.07. The minimum absolute atomic E-state index is 0. The van der Waals surface area contributed by atoms with Crippen molar-refractivity contribution >= 4 is 29.9 Å². The fourth-order valence-corrected chi connectivity index (χ4v) is 2.07. The van der Waals surface area contributed by atoms with Gasteiger partial charge in [0.1, 0.15) is 6.54 Å². The molecule has 0 saturated carbocycles. The van der Waals surface area contributed by atoms with E-state index in [4.69, 9.17) is 9.63 Å². The van der Waals surface area contributed by atoms with Crippen LogP contribution in [0.25, 0.3) is 0 Å². The molecule has 1 unspecified atom stereocenters. The zero-order valence-corrected chi connectivity index (χ0v) is 16.0. The Morgan fingerprint density at radius 1 is 1.32 bits per heavy atom. The van der Waals surface area contributed by atoms with Crippen molar-refractivity contribution in [2.45, 2.75) is 46.6 Å². The highest BCUT2D eigenvalue weighted by molar-refractivity contribution is 14.0. The lowest BCUT2D eigenvalue weighted by molar-refractivity contribution is 0.251. The first-order valence-corrected chi connectivity index (χ1v) is 7.61. The topological polar surface area (TPSA) is 95.6 Å². The second-order valence-corrected chi connectivity index (χ2v) is 4.98. The van der Waals surface area contributed by atoms with E-state index in [2.05, 4.69) is 32.7 Å². The van der Waals surface area contributed by atoms with Crippen LogP contribution in [0.2, 0.25) is 0 Å². The molecule has 8 heteroatoms. The SMILES string of the molecule is CCCC(CCO)CNC(=NCc1nc(C)no1)NCC.I. The molecule has 0 bridgehead atoms. The summed E-state index contributed by atoms with van der Waals surface area (Å²) in [5.41, 5.74) is 0. The number of aliphatic hydroxyl groups excluding tert-OH is 1. The summed E-state index contributed by atoms with van der Waals surface area (Å²) >= 11 is 0. The number of guanidine groups is 1. The number of aryl methyl sites for hydroxylation is 1. The maximum atomic E-state index is 9.09. The molecule has 7 nitrogen and oxygen atoms in total. The van der Waals surface area contributed by atoms with Crippen molar-refractivity contribution in [2.24, 2.45) is 10.9 Å². The summed E-state index contributed by atoms with van der Waals surface area (Å²) in [7, 11) is 0. The molecular weight excluding hydrogens is 397 g/mol. The van der Waals surface area contributed by atoms with Gasteiger partial charge in [-0.3, -0.25) is 0 Å². The summed E-state index contributed by atoms with van der Waals surface area (Å²) in [5, 5.41) is 19.3. The Morgan fingerprint density at radius 3 is 2.64 bits per heavy atom. The van der Waals surface area contributed by atoms with Gasteiger partial charge in [-0.15, -0.1) is 24.0 Å². The van der Waals surface area contributed by atoms with E-state index in [0.29, 0.717) is 24.2 Å². The van der Waals surface area contributed by atoms with Crippen LogP contribution in [0.5, 0.6) is 0 Å². The van der Waals surface area contributed by atoms with E-state index in [0.717, 1.165) is 38.3 Å². The highest BCUT2D eigenvalue weighted by Crippen LogP contribution is 2.09. The molecule has 1 atom stereocenters. The quantitative estimate of drug-likeness (QED) is 0.318. The Bertz CT molecular complexity index is 419. The molecule has 0 saturated heterocycles. The molecule has 3 N–H and O–H groups in total. The first-order valence-electron chi connectivity index (χ1n) is 7.61. The molecule has 0 aliphatic heterocycles. The normalized spacial score (nSPS) is 12.6. The van der Waals surface area contributed by atoms with Crippen molar-refractivity contribution in [1.82, 2.24) is 20.8 Å². The Hall–Kier alpha value is -0.900. The van der Waals surface area contributed by atoms with Crippen molar-refractivity contribution in [1.29, 1.82) is 0 Å². The fraction of sp³-hybridized carbons (Fsp3) is 0.786. The van der Waals surface area contributed by atoms with Crippen LogP contribution in [-0.4, -0.2) is 40.9 Å². The molecule has 0 aromatic carbocycles. The number of rotatable bonds is 9. The monoisotopic (exact) mass is 425 g/mol. The molecular formula is C14H28IN5O2. The maximum absolute atomic E-state index is 9.09. The van der Waals surface area contributed by atoms with Crippen LogP contribution in [0, 0.1) is 12.8 Å². The van der Waals surface area contributed by atoms with Crippen LogP contribution in [0.1, 0.15) is 44.8 Å². The van der Waals surface area contributed by atoms with E-state index < -0.39 is 0 Å². The van der Waals surface area contributed by atoms with Crippen LogP contribution in [-0.2, 0) is 6.54 Å². The van der Waals surface area contributed by atoms with Crippen LogP contribution < -0.4 is 10.6 Å². The second-order valence-electron chi connectivity index (χ2n) is 4.98. The molecule has 0 radical (unpaired) electrons. The van der Waals surface area contributed by atoms with E-state index in [9.17, 15) is 0 Å². The maximum Gasteiger partial charge on any atom is 0.248 e. The lowest BCUT2D eigenvalue weighted by Crippen LogP contribution is -2.40. The molecule has 0 spiro atoms. The number of nitrogens with zero attached hydrogens (tertiary/aromatic N) is 3. The third-order valence-electron chi connectivity index (χ3n) is 3.08. The average molecular weight is 425 g/mol. The zero-order chi connectivity index (χ0) is 15.5. The van der Waals surface area contributed by atoms with Crippen molar-refractivity contribution in [3.63, 3.8) is 0 Å². The third-order valence-corrected chi connectivity index (χ3v) is 3.08. The number of aliphatic imine (C=N–C) groups is 1. The molecule has 1 aromatic rings. The van der Waals surface area contributed by atoms with Gasteiger partial charge in [0.25, 0.3) is 0 Å². The van der Waals surface area contributed by atoms with Crippen LogP contribution in [0.15, 0.2) is 9.52 Å². The lowest BCUT2D eigenvalue weighted by atomic mass is 10.0. The van der Waals surface area contributed by atoms with Crippen molar-refractivity contribution in [2.75, 3.05) is 19.7 Å². The molecule has 1 aromatic heterocycles. The highest BCUT2D eigenvalue weighted by atomic mass is 127. The predicted octanol–water partition coefficient (Wildman–Crippen LogP) is 1.85. The molecule has 0 amide bonds.